The number of benzene rings is 2. The van der Waals surface area contributed by atoms with Crippen LogP contribution in [0, 0.1) is 0 Å². The maximum absolute atomic E-state index is 12.6. The Labute approximate surface area is 209 Å². The van der Waals surface area contributed by atoms with Gasteiger partial charge in [0.25, 0.3) is 5.91 Å². The smallest absolute Gasteiger partial charge is 0.257 e. The van der Waals surface area contributed by atoms with E-state index in [-0.39, 0.29) is 17.7 Å². The second-order valence-electron chi connectivity index (χ2n) is 8.96. The summed E-state index contributed by atoms with van der Waals surface area (Å²) in [5.41, 5.74) is 5.78. The number of hydrogen-bond donors (Lipinski definition) is 2. The lowest BCUT2D eigenvalue weighted by molar-refractivity contribution is 0.102. The largest absolute Gasteiger partial charge is 0.351 e. The van der Waals surface area contributed by atoms with Crippen molar-refractivity contribution in [2.75, 3.05) is 16.9 Å². The highest BCUT2D eigenvalue weighted by atomic mass is 32.2. The number of carbonyl (C=O) groups excluding carboxylic acids is 1. The predicted octanol–water partition coefficient (Wildman–Crippen LogP) is 3.91. The number of rotatable bonds is 7. The van der Waals surface area contributed by atoms with Gasteiger partial charge in [-0.05, 0) is 53.8 Å². The second kappa shape index (κ2) is 9.87. The van der Waals surface area contributed by atoms with E-state index in [1.807, 2.05) is 18.2 Å². The van der Waals surface area contributed by atoms with Crippen molar-refractivity contribution in [1.29, 1.82) is 0 Å². The molecular formula is C27H25N5O3S. The molecule has 36 heavy (non-hydrogen) atoms. The maximum atomic E-state index is 12.6. The number of sulfone groups is 1. The summed E-state index contributed by atoms with van der Waals surface area (Å²) in [6, 6.07) is 19.3. The molecule has 0 radical (unpaired) electrons. The molecule has 2 aromatic heterocycles. The third-order valence-corrected chi connectivity index (χ3v) is 6.81. The van der Waals surface area contributed by atoms with Gasteiger partial charge >= 0.3 is 0 Å². The van der Waals surface area contributed by atoms with E-state index in [2.05, 4.69) is 49.9 Å². The Morgan fingerprint density at radius 3 is 2.25 bits per heavy atom. The minimum Gasteiger partial charge on any atom is -0.351 e. The fourth-order valence-corrected chi connectivity index (χ4v) is 5.00. The van der Waals surface area contributed by atoms with Crippen molar-refractivity contribution in [3.05, 3.63) is 102 Å². The van der Waals surface area contributed by atoms with Gasteiger partial charge in [-0.1, -0.05) is 36.4 Å². The molecule has 4 aromatic rings. The number of anilines is 2. The third-order valence-electron chi connectivity index (χ3n) is 5.99. The molecule has 8 nitrogen and oxygen atoms in total. The summed E-state index contributed by atoms with van der Waals surface area (Å²) in [6.07, 6.45) is 7.97. The second-order valence-corrected chi connectivity index (χ2v) is 11.1. The molecule has 5 rings (SSSR count). The molecule has 1 amide bonds. The quantitative estimate of drug-likeness (QED) is 0.396. The van der Waals surface area contributed by atoms with Gasteiger partial charge in [-0.2, -0.15) is 0 Å². The summed E-state index contributed by atoms with van der Waals surface area (Å²) in [7, 11) is -3.19. The first kappa shape index (κ1) is 23.6. The fraction of sp³-hybridized carbons (Fsp3) is 0.185. The van der Waals surface area contributed by atoms with Crippen LogP contribution in [-0.4, -0.2) is 41.6 Å². The number of carbonyl (C=O) groups is 1. The summed E-state index contributed by atoms with van der Waals surface area (Å²) >= 11 is 0. The molecule has 1 aliphatic rings. The van der Waals surface area contributed by atoms with Crippen molar-refractivity contribution >= 4 is 27.4 Å². The molecule has 2 heterocycles. The predicted molar refractivity (Wildman–Crippen MR) is 139 cm³/mol. The molecule has 0 unspecified atom stereocenters. The molecule has 0 fully saturated rings. The number of fused-ring (bicyclic) bond motifs is 1. The number of nitrogens with zero attached hydrogens (tertiary/aromatic N) is 3. The molecule has 9 heteroatoms. The zero-order valence-corrected chi connectivity index (χ0v) is 20.5. The molecule has 0 bridgehead atoms. The van der Waals surface area contributed by atoms with Crippen LogP contribution >= 0.6 is 0 Å². The SMILES string of the molecule is CS(=O)(=O)Cc1ccc(C(=O)Nc2cccc(-c3cnc(NC4Cc5ccccc5C4)nc3)c2)cn1. The van der Waals surface area contributed by atoms with Crippen molar-refractivity contribution < 1.29 is 13.2 Å². The van der Waals surface area contributed by atoms with Gasteiger partial charge in [0.1, 0.15) is 0 Å². The van der Waals surface area contributed by atoms with Gasteiger partial charge < -0.3 is 10.6 Å². The van der Waals surface area contributed by atoms with Crippen molar-refractivity contribution in [1.82, 2.24) is 15.0 Å². The molecule has 2 aromatic carbocycles. The first-order chi connectivity index (χ1) is 17.3. The summed E-state index contributed by atoms with van der Waals surface area (Å²) < 4.78 is 22.8. The maximum Gasteiger partial charge on any atom is 0.257 e. The first-order valence-corrected chi connectivity index (χ1v) is 13.6. The highest BCUT2D eigenvalue weighted by Gasteiger charge is 2.21. The summed E-state index contributed by atoms with van der Waals surface area (Å²) in [5, 5.41) is 6.27. The normalized spacial score (nSPS) is 13.2. The molecule has 0 aliphatic heterocycles. The Kier molecular flexibility index (Phi) is 6.47. The van der Waals surface area contributed by atoms with E-state index in [1.165, 1.54) is 17.3 Å². The Balaban J connectivity index is 1.22. The van der Waals surface area contributed by atoms with E-state index in [0.29, 0.717) is 22.9 Å². The summed E-state index contributed by atoms with van der Waals surface area (Å²) in [5.74, 6) is 0.0912. The van der Waals surface area contributed by atoms with Crippen LogP contribution in [0.4, 0.5) is 11.6 Å². The Bertz CT molecular complexity index is 1480. The van der Waals surface area contributed by atoms with Crippen molar-refractivity contribution in [2.45, 2.75) is 24.6 Å². The Morgan fingerprint density at radius 1 is 0.889 bits per heavy atom. The van der Waals surface area contributed by atoms with Gasteiger partial charge in [-0.3, -0.25) is 9.78 Å². The van der Waals surface area contributed by atoms with Crippen molar-refractivity contribution in [3.63, 3.8) is 0 Å². The number of amides is 1. The van der Waals surface area contributed by atoms with Crippen molar-refractivity contribution in [3.8, 4) is 11.1 Å². The van der Waals surface area contributed by atoms with Gasteiger partial charge in [0.05, 0.1) is 17.0 Å². The molecule has 0 saturated heterocycles. The molecule has 0 spiro atoms. The average molecular weight is 500 g/mol. The molecule has 2 N–H and O–H groups in total. The highest BCUT2D eigenvalue weighted by molar-refractivity contribution is 7.89. The summed E-state index contributed by atoms with van der Waals surface area (Å²) in [6.45, 7) is 0. The summed E-state index contributed by atoms with van der Waals surface area (Å²) in [4.78, 5) is 25.7. The monoisotopic (exact) mass is 499 g/mol. The van der Waals surface area contributed by atoms with E-state index in [9.17, 15) is 13.2 Å². The fourth-order valence-electron chi connectivity index (χ4n) is 4.29. The van der Waals surface area contributed by atoms with Gasteiger partial charge in [-0.15, -0.1) is 0 Å². The minimum absolute atomic E-state index is 0.165. The van der Waals surface area contributed by atoms with Crippen LogP contribution in [0.3, 0.4) is 0 Å². The van der Waals surface area contributed by atoms with E-state index < -0.39 is 9.84 Å². The van der Waals surface area contributed by atoms with Crippen LogP contribution in [0.2, 0.25) is 0 Å². The lowest BCUT2D eigenvalue weighted by atomic mass is 10.1. The van der Waals surface area contributed by atoms with Crippen LogP contribution < -0.4 is 10.6 Å². The number of nitrogens with one attached hydrogen (secondary N) is 2. The van der Waals surface area contributed by atoms with Crippen LogP contribution in [0.15, 0.2) is 79.3 Å². The average Bonchev–Trinajstić information content (AvgIpc) is 3.26. The van der Waals surface area contributed by atoms with Crippen molar-refractivity contribution in [2.24, 2.45) is 0 Å². The number of pyridine rings is 1. The van der Waals surface area contributed by atoms with E-state index in [4.69, 9.17) is 0 Å². The van der Waals surface area contributed by atoms with Gasteiger partial charge in [0.15, 0.2) is 9.84 Å². The van der Waals surface area contributed by atoms with E-state index in [1.54, 1.807) is 30.6 Å². The van der Waals surface area contributed by atoms with Gasteiger partial charge in [0.2, 0.25) is 5.95 Å². The number of aromatic nitrogens is 3. The minimum atomic E-state index is -3.19. The third kappa shape index (κ3) is 5.75. The van der Waals surface area contributed by atoms with E-state index >= 15 is 0 Å². The Hall–Kier alpha value is -4.11. The van der Waals surface area contributed by atoms with Crippen LogP contribution in [0.25, 0.3) is 11.1 Å². The topological polar surface area (TPSA) is 114 Å². The van der Waals surface area contributed by atoms with Crippen LogP contribution in [-0.2, 0) is 28.4 Å². The molecule has 1 aliphatic carbocycles. The van der Waals surface area contributed by atoms with E-state index in [0.717, 1.165) is 30.2 Å². The van der Waals surface area contributed by atoms with Gasteiger partial charge in [0, 0.05) is 42.1 Å². The number of hydrogen-bond acceptors (Lipinski definition) is 7. The highest BCUT2D eigenvalue weighted by Crippen LogP contribution is 2.25. The van der Waals surface area contributed by atoms with Crippen LogP contribution in [0.5, 0.6) is 0 Å². The van der Waals surface area contributed by atoms with Gasteiger partial charge in [-0.25, -0.2) is 18.4 Å². The first-order valence-electron chi connectivity index (χ1n) is 11.5. The molecular weight excluding hydrogens is 474 g/mol. The lowest BCUT2D eigenvalue weighted by Crippen LogP contribution is -2.20. The molecule has 182 valence electrons. The molecule has 0 atom stereocenters. The standard InChI is InChI=1S/C27H25N5O3S/c1-36(34,35)17-24-10-9-21(14-28-24)26(33)31-23-8-4-7-20(11-23)22-15-29-27(30-16-22)32-25-12-18-5-2-3-6-19(18)13-25/h2-11,14-16,25H,12-13,17H2,1H3,(H,31,33)(H,29,30,32). The zero-order valence-electron chi connectivity index (χ0n) is 19.7. The Morgan fingerprint density at radius 2 is 1.61 bits per heavy atom. The van der Waals surface area contributed by atoms with Crippen LogP contribution in [0.1, 0.15) is 27.2 Å². The lowest BCUT2D eigenvalue weighted by Gasteiger charge is -2.12. The zero-order chi connectivity index (χ0) is 25.1. The molecule has 0 saturated carbocycles.